The molecule has 2 N–H and O–H groups in total. The molecule has 4 nitrogen and oxygen atoms in total. The summed E-state index contributed by atoms with van der Waals surface area (Å²) in [6.45, 7) is 7.02. The maximum absolute atomic E-state index is 12.3. The molecule has 1 rings (SSSR count). The summed E-state index contributed by atoms with van der Waals surface area (Å²) in [5.74, 6) is 0.413. The molecule has 0 saturated carbocycles. The minimum Gasteiger partial charge on any atom is -0.368 e. The highest BCUT2D eigenvalue weighted by Gasteiger charge is 2.34. The summed E-state index contributed by atoms with van der Waals surface area (Å²) in [7, 11) is 0. The zero-order valence-electron chi connectivity index (χ0n) is 11.8. The molecule has 104 valence electrons. The van der Waals surface area contributed by atoms with Crippen LogP contribution in [0.2, 0.25) is 0 Å². The Morgan fingerprint density at radius 2 is 1.94 bits per heavy atom. The highest BCUT2D eigenvalue weighted by atomic mass is 16.2. The van der Waals surface area contributed by atoms with Crippen LogP contribution in [0.25, 0.3) is 0 Å². The van der Waals surface area contributed by atoms with E-state index >= 15 is 0 Å². The summed E-state index contributed by atoms with van der Waals surface area (Å²) in [4.78, 5) is 25.2. The molecule has 0 unspecified atom stereocenters. The van der Waals surface area contributed by atoms with Gasteiger partial charge in [-0.2, -0.15) is 0 Å². The Morgan fingerprint density at radius 1 is 1.28 bits per heavy atom. The van der Waals surface area contributed by atoms with Crippen molar-refractivity contribution in [1.29, 1.82) is 0 Å². The fourth-order valence-corrected chi connectivity index (χ4v) is 2.57. The van der Waals surface area contributed by atoms with Crippen LogP contribution in [0, 0.1) is 11.8 Å². The second-order valence-corrected chi connectivity index (χ2v) is 5.82. The van der Waals surface area contributed by atoms with Gasteiger partial charge in [0.15, 0.2) is 0 Å². The number of likely N-dealkylation sites (tertiary alicyclic amines) is 1. The summed E-state index contributed by atoms with van der Waals surface area (Å²) in [6.07, 6.45) is 4.73. The van der Waals surface area contributed by atoms with E-state index in [1.807, 2.05) is 6.92 Å². The smallest absolute Gasteiger partial charge is 0.240 e. The monoisotopic (exact) mass is 254 g/mol. The molecule has 1 saturated heterocycles. The Labute approximate surface area is 110 Å². The number of nitrogens with two attached hydrogens (primary N) is 1. The van der Waals surface area contributed by atoms with Crippen molar-refractivity contribution >= 4 is 11.8 Å². The fourth-order valence-electron chi connectivity index (χ4n) is 2.57. The van der Waals surface area contributed by atoms with Crippen molar-refractivity contribution in [2.24, 2.45) is 17.6 Å². The number of amides is 2. The number of carbonyl (C=O) groups excluding carboxylic acids is 2. The Hall–Kier alpha value is -1.06. The van der Waals surface area contributed by atoms with E-state index in [0.717, 1.165) is 32.1 Å². The van der Waals surface area contributed by atoms with Gasteiger partial charge in [-0.05, 0) is 25.2 Å². The number of nitrogens with zero attached hydrogens (tertiary/aromatic N) is 1. The third-order valence-electron chi connectivity index (χ3n) is 3.70. The summed E-state index contributed by atoms with van der Waals surface area (Å²) in [5.41, 5.74) is 5.33. The molecule has 4 heteroatoms. The average molecular weight is 254 g/mol. The van der Waals surface area contributed by atoms with Crippen LogP contribution in [-0.4, -0.2) is 29.3 Å². The van der Waals surface area contributed by atoms with Gasteiger partial charge in [0.25, 0.3) is 0 Å². The molecule has 0 aromatic rings. The van der Waals surface area contributed by atoms with Crippen molar-refractivity contribution in [1.82, 2.24) is 4.90 Å². The van der Waals surface area contributed by atoms with E-state index in [-0.39, 0.29) is 23.8 Å². The Morgan fingerprint density at radius 3 is 2.50 bits per heavy atom. The van der Waals surface area contributed by atoms with E-state index in [4.69, 9.17) is 5.73 Å². The van der Waals surface area contributed by atoms with Gasteiger partial charge < -0.3 is 10.6 Å². The highest BCUT2D eigenvalue weighted by molar-refractivity contribution is 5.88. The molecule has 2 atom stereocenters. The molecular weight excluding hydrogens is 228 g/mol. The van der Waals surface area contributed by atoms with Crippen LogP contribution in [0.5, 0.6) is 0 Å². The van der Waals surface area contributed by atoms with Crippen LogP contribution in [-0.2, 0) is 9.59 Å². The summed E-state index contributed by atoms with van der Waals surface area (Å²) >= 11 is 0. The number of hydrogen-bond acceptors (Lipinski definition) is 2. The molecule has 1 heterocycles. The summed E-state index contributed by atoms with van der Waals surface area (Å²) in [5, 5.41) is 0. The van der Waals surface area contributed by atoms with Gasteiger partial charge in [-0.1, -0.05) is 33.6 Å². The van der Waals surface area contributed by atoms with Gasteiger partial charge in [-0.3, -0.25) is 9.59 Å². The van der Waals surface area contributed by atoms with E-state index in [2.05, 4.69) is 13.8 Å². The number of carbonyl (C=O) groups is 2. The predicted molar refractivity (Wildman–Crippen MR) is 71.8 cm³/mol. The minimum atomic E-state index is -0.370. The van der Waals surface area contributed by atoms with Crippen molar-refractivity contribution in [2.45, 2.75) is 58.9 Å². The molecule has 0 aromatic carbocycles. The Balaban J connectivity index is 2.45. The van der Waals surface area contributed by atoms with Crippen molar-refractivity contribution in [2.75, 3.05) is 6.54 Å². The maximum Gasteiger partial charge on any atom is 0.240 e. The molecule has 0 spiro atoms. The van der Waals surface area contributed by atoms with Crippen molar-refractivity contribution < 1.29 is 9.59 Å². The normalized spacial score (nSPS) is 21.3. The second kappa shape index (κ2) is 6.76. The standard InChI is InChI=1S/C14H26N2O2/c1-10(2)6-4-7-11(3)14(18)16-9-5-8-12(16)13(15)17/h10-12H,4-9H2,1-3H3,(H2,15,17)/t11-,12-/m0/s1. The van der Waals surface area contributed by atoms with Gasteiger partial charge >= 0.3 is 0 Å². The van der Waals surface area contributed by atoms with Crippen LogP contribution < -0.4 is 5.73 Å². The first-order valence-electron chi connectivity index (χ1n) is 7.03. The van der Waals surface area contributed by atoms with Crippen LogP contribution >= 0.6 is 0 Å². The zero-order chi connectivity index (χ0) is 13.7. The van der Waals surface area contributed by atoms with Crippen molar-refractivity contribution in [3.05, 3.63) is 0 Å². The topological polar surface area (TPSA) is 63.4 Å². The molecular formula is C14H26N2O2. The first-order valence-corrected chi connectivity index (χ1v) is 7.03. The largest absolute Gasteiger partial charge is 0.368 e. The Kier molecular flexibility index (Phi) is 5.63. The van der Waals surface area contributed by atoms with Gasteiger partial charge in [0.1, 0.15) is 6.04 Å². The number of hydrogen-bond donors (Lipinski definition) is 1. The van der Waals surface area contributed by atoms with E-state index < -0.39 is 0 Å². The lowest BCUT2D eigenvalue weighted by atomic mass is 9.98. The van der Waals surface area contributed by atoms with E-state index in [0.29, 0.717) is 12.5 Å². The van der Waals surface area contributed by atoms with Crippen molar-refractivity contribution in [3.8, 4) is 0 Å². The van der Waals surface area contributed by atoms with Gasteiger partial charge in [0.2, 0.25) is 11.8 Å². The number of primary amides is 1. The molecule has 1 aliphatic heterocycles. The van der Waals surface area contributed by atoms with E-state index in [9.17, 15) is 9.59 Å². The zero-order valence-corrected chi connectivity index (χ0v) is 11.8. The van der Waals surface area contributed by atoms with Gasteiger partial charge in [-0.15, -0.1) is 0 Å². The quantitative estimate of drug-likeness (QED) is 0.787. The van der Waals surface area contributed by atoms with Crippen LogP contribution in [0.15, 0.2) is 0 Å². The lowest BCUT2D eigenvalue weighted by Gasteiger charge is -2.25. The van der Waals surface area contributed by atoms with E-state index in [1.54, 1.807) is 4.90 Å². The van der Waals surface area contributed by atoms with Crippen LogP contribution in [0.4, 0.5) is 0 Å². The van der Waals surface area contributed by atoms with Gasteiger partial charge in [0.05, 0.1) is 0 Å². The van der Waals surface area contributed by atoms with E-state index in [1.165, 1.54) is 0 Å². The predicted octanol–water partition coefficient (Wildman–Crippen LogP) is 1.93. The highest BCUT2D eigenvalue weighted by Crippen LogP contribution is 2.22. The van der Waals surface area contributed by atoms with Crippen molar-refractivity contribution in [3.63, 3.8) is 0 Å². The first kappa shape index (κ1) is 15.0. The molecule has 0 bridgehead atoms. The molecule has 2 amide bonds. The third-order valence-corrected chi connectivity index (χ3v) is 3.70. The fraction of sp³-hybridized carbons (Fsp3) is 0.857. The van der Waals surface area contributed by atoms with Gasteiger partial charge in [0, 0.05) is 12.5 Å². The third kappa shape index (κ3) is 4.00. The molecule has 1 aliphatic rings. The Bertz CT molecular complexity index is 302. The molecule has 18 heavy (non-hydrogen) atoms. The first-order chi connectivity index (χ1) is 8.43. The molecule has 1 fully saturated rings. The summed E-state index contributed by atoms with van der Waals surface area (Å²) < 4.78 is 0. The molecule has 0 radical (unpaired) electrons. The average Bonchev–Trinajstić information content (AvgIpc) is 2.76. The lowest BCUT2D eigenvalue weighted by molar-refractivity contribution is -0.140. The second-order valence-electron chi connectivity index (χ2n) is 5.82. The SMILES string of the molecule is CC(C)CCC[C@H](C)C(=O)N1CCC[C@H]1C(N)=O. The maximum atomic E-state index is 12.3. The van der Waals surface area contributed by atoms with Crippen LogP contribution in [0.3, 0.4) is 0 Å². The van der Waals surface area contributed by atoms with Gasteiger partial charge in [-0.25, -0.2) is 0 Å². The number of rotatable bonds is 6. The minimum absolute atomic E-state index is 0.00343. The summed E-state index contributed by atoms with van der Waals surface area (Å²) in [6, 6.07) is -0.370. The molecule has 0 aromatic heterocycles. The lowest BCUT2D eigenvalue weighted by Crippen LogP contribution is -2.45. The molecule has 0 aliphatic carbocycles. The van der Waals surface area contributed by atoms with Crippen LogP contribution in [0.1, 0.15) is 52.9 Å².